The molecule has 0 unspecified atom stereocenters. The number of morpholine rings is 1. The average Bonchev–Trinajstić information content (AvgIpc) is 2.76. The fourth-order valence-electron chi connectivity index (χ4n) is 4.91. The number of anilines is 1. The van der Waals surface area contributed by atoms with Crippen molar-refractivity contribution in [2.24, 2.45) is 0 Å². The molecule has 0 N–H and O–H groups in total. The molecule has 2 fully saturated rings. The van der Waals surface area contributed by atoms with Crippen LogP contribution in [0.1, 0.15) is 31.7 Å². The van der Waals surface area contributed by atoms with Crippen LogP contribution in [0.2, 0.25) is 0 Å². The molecule has 5 rings (SSSR count). The standard InChI is InChI=1S/C24H31N3O2/c1-19-6-13-29-24(17-19)7-9-26(10-8-24)18-21-16-20-4-2-3-5-22(20)25-23(21)27-11-14-28-15-12-27/h2-5,16-17H,6-15,18H2,1H3. The van der Waals surface area contributed by atoms with Crippen LogP contribution in [0.4, 0.5) is 5.82 Å². The Bertz CT molecular complexity index is 896. The van der Waals surface area contributed by atoms with Gasteiger partial charge in [-0.05, 0) is 38.3 Å². The summed E-state index contributed by atoms with van der Waals surface area (Å²) in [4.78, 5) is 10.0. The second-order valence-electron chi connectivity index (χ2n) is 8.69. The van der Waals surface area contributed by atoms with E-state index in [4.69, 9.17) is 14.5 Å². The van der Waals surface area contributed by atoms with E-state index in [1.807, 2.05) is 0 Å². The van der Waals surface area contributed by atoms with Gasteiger partial charge in [0, 0.05) is 43.7 Å². The maximum atomic E-state index is 6.21. The maximum Gasteiger partial charge on any atom is 0.133 e. The van der Waals surface area contributed by atoms with Crippen molar-refractivity contribution in [1.29, 1.82) is 0 Å². The number of rotatable bonds is 3. The van der Waals surface area contributed by atoms with E-state index in [0.717, 1.165) is 83.1 Å². The lowest BCUT2D eigenvalue weighted by molar-refractivity contribution is -0.0576. The minimum Gasteiger partial charge on any atom is -0.378 e. The number of ether oxygens (including phenoxy) is 2. The van der Waals surface area contributed by atoms with E-state index in [9.17, 15) is 0 Å². The zero-order valence-electron chi connectivity index (χ0n) is 17.4. The van der Waals surface area contributed by atoms with E-state index < -0.39 is 0 Å². The predicted octanol–water partition coefficient (Wildman–Crippen LogP) is 3.77. The minimum atomic E-state index is -0.0203. The molecule has 4 heterocycles. The van der Waals surface area contributed by atoms with Crippen molar-refractivity contribution in [1.82, 2.24) is 9.88 Å². The van der Waals surface area contributed by atoms with Gasteiger partial charge < -0.3 is 14.4 Å². The molecule has 3 aliphatic rings. The predicted molar refractivity (Wildman–Crippen MR) is 116 cm³/mol. The van der Waals surface area contributed by atoms with Gasteiger partial charge in [0.2, 0.25) is 0 Å². The number of para-hydroxylation sites is 1. The largest absolute Gasteiger partial charge is 0.378 e. The number of aromatic nitrogens is 1. The van der Waals surface area contributed by atoms with Gasteiger partial charge in [0.25, 0.3) is 0 Å². The Hall–Kier alpha value is -1.95. The first kappa shape index (κ1) is 19.0. The number of nitrogens with zero attached hydrogens (tertiary/aromatic N) is 3. The maximum absolute atomic E-state index is 6.21. The van der Waals surface area contributed by atoms with Crippen molar-refractivity contribution in [3.05, 3.63) is 47.5 Å². The molecule has 0 amide bonds. The summed E-state index contributed by atoms with van der Waals surface area (Å²) in [6, 6.07) is 10.8. The summed E-state index contributed by atoms with van der Waals surface area (Å²) in [7, 11) is 0. The molecule has 29 heavy (non-hydrogen) atoms. The van der Waals surface area contributed by atoms with Gasteiger partial charge in [0.15, 0.2) is 0 Å². The zero-order chi connectivity index (χ0) is 19.7. The molecule has 0 radical (unpaired) electrons. The van der Waals surface area contributed by atoms with Crippen LogP contribution in [-0.2, 0) is 16.0 Å². The Labute approximate surface area is 173 Å². The summed E-state index contributed by atoms with van der Waals surface area (Å²) in [6.07, 6.45) is 5.64. The third kappa shape index (κ3) is 4.04. The van der Waals surface area contributed by atoms with Crippen LogP contribution in [0, 0.1) is 0 Å². The summed E-state index contributed by atoms with van der Waals surface area (Å²) in [6.45, 7) is 9.59. The van der Waals surface area contributed by atoms with Gasteiger partial charge in [-0.2, -0.15) is 0 Å². The monoisotopic (exact) mass is 393 g/mol. The summed E-state index contributed by atoms with van der Waals surface area (Å²) >= 11 is 0. The van der Waals surface area contributed by atoms with E-state index in [1.165, 1.54) is 16.5 Å². The fourth-order valence-corrected chi connectivity index (χ4v) is 4.91. The fraction of sp³-hybridized carbons (Fsp3) is 0.542. The summed E-state index contributed by atoms with van der Waals surface area (Å²) < 4.78 is 11.8. The van der Waals surface area contributed by atoms with Gasteiger partial charge in [-0.25, -0.2) is 4.98 Å². The van der Waals surface area contributed by atoms with Crippen LogP contribution >= 0.6 is 0 Å². The first-order valence-electron chi connectivity index (χ1n) is 11.0. The molecule has 0 bridgehead atoms. The zero-order valence-corrected chi connectivity index (χ0v) is 17.4. The molecule has 154 valence electrons. The first-order valence-corrected chi connectivity index (χ1v) is 11.0. The highest BCUT2D eigenvalue weighted by Gasteiger charge is 2.35. The molecule has 5 nitrogen and oxygen atoms in total. The molecular weight excluding hydrogens is 362 g/mol. The number of piperidine rings is 1. The third-order valence-corrected chi connectivity index (χ3v) is 6.58. The van der Waals surface area contributed by atoms with Gasteiger partial charge in [-0.3, -0.25) is 4.90 Å². The van der Waals surface area contributed by atoms with E-state index >= 15 is 0 Å². The molecule has 0 saturated carbocycles. The third-order valence-electron chi connectivity index (χ3n) is 6.58. The highest BCUT2D eigenvalue weighted by molar-refractivity contribution is 5.81. The van der Waals surface area contributed by atoms with Crippen molar-refractivity contribution >= 4 is 16.7 Å². The number of fused-ring (bicyclic) bond motifs is 1. The number of pyridine rings is 1. The molecule has 1 aromatic heterocycles. The molecule has 1 spiro atoms. The smallest absolute Gasteiger partial charge is 0.133 e. The number of likely N-dealkylation sites (tertiary alicyclic amines) is 1. The number of benzene rings is 1. The Morgan fingerprint density at radius 1 is 1.03 bits per heavy atom. The molecular formula is C24H31N3O2. The van der Waals surface area contributed by atoms with Gasteiger partial charge >= 0.3 is 0 Å². The quantitative estimate of drug-likeness (QED) is 0.742. The molecule has 2 aromatic rings. The second-order valence-corrected chi connectivity index (χ2v) is 8.69. The summed E-state index contributed by atoms with van der Waals surface area (Å²) in [5, 5.41) is 1.22. The highest BCUT2D eigenvalue weighted by Crippen LogP contribution is 2.34. The van der Waals surface area contributed by atoms with Crippen LogP contribution in [-0.4, -0.2) is 61.5 Å². The SMILES string of the molecule is CC1=CC2(CCN(Cc3cc4ccccc4nc3N3CCOCC3)CC2)OCC1. The van der Waals surface area contributed by atoms with Crippen LogP contribution in [0.15, 0.2) is 42.0 Å². The summed E-state index contributed by atoms with van der Waals surface area (Å²) in [5.41, 5.74) is 3.87. The van der Waals surface area contributed by atoms with E-state index in [1.54, 1.807) is 0 Å². The van der Waals surface area contributed by atoms with Gasteiger partial charge in [0.1, 0.15) is 5.82 Å². The molecule has 2 saturated heterocycles. The minimum absolute atomic E-state index is 0.0203. The Morgan fingerprint density at radius 3 is 2.62 bits per heavy atom. The van der Waals surface area contributed by atoms with Gasteiger partial charge in [-0.15, -0.1) is 0 Å². The van der Waals surface area contributed by atoms with E-state index in [2.05, 4.69) is 53.1 Å². The number of hydrogen-bond acceptors (Lipinski definition) is 5. The van der Waals surface area contributed by atoms with Crippen molar-refractivity contribution in [2.75, 3.05) is 50.9 Å². The topological polar surface area (TPSA) is 37.8 Å². The van der Waals surface area contributed by atoms with E-state index in [-0.39, 0.29) is 5.60 Å². The van der Waals surface area contributed by atoms with Crippen LogP contribution < -0.4 is 4.90 Å². The van der Waals surface area contributed by atoms with Crippen molar-refractivity contribution < 1.29 is 9.47 Å². The highest BCUT2D eigenvalue weighted by atomic mass is 16.5. The molecule has 5 heteroatoms. The lowest BCUT2D eigenvalue weighted by atomic mass is 9.87. The van der Waals surface area contributed by atoms with Gasteiger partial charge in [-0.1, -0.05) is 29.8 Å². The van der Waals surface area contributed by atoms with Gasteiger partial charge in [0.05, 0.1) is 30.9 Å². The van der Waals surface area contributed by atoms with Crippen LogP contribution in [0.25, 0.3) is 10.9 Å². The molecule has 0 atom stereocenters. The van der Waals surface area contributed by atoms with Crippen molar-refractivity contribution in [3.63, 3.8) is 0 Å². The number of hydrogen-bond donors (Lipinski definition) is 0. The summed E-state index contributed by atoms with van der Waals surface area (Å²) in [5.74, 6) is 1.14. The Kier molecular flexibility index (Phi) is 5.29. The molecule has 3 aliphatic heterocycles. The average molecular weight is 394 g/mol. The first-order chi connectivity index (χ1) is 14.2. The van der Waals surface area contributed by atoms with Crippen LogP contribution in [0.5, 0.6) is 0 Å². The Balaban J connectivity index is 1.37. The Morgan fingerprint density at radius 2 is 1.83 bits per heavy atom. The lowest BCUT2D eigenvalue weighted by Gasteiger charge is -2.42. The molecule has 1 aromatic carbocycles. The van der Waals surface area contributed by atoms with Crippen molar-refractivity contribution in [2.45, 2.75) is 38.3 Å². The lowest BCUT2D eigenvalue weighted by Crippen LogP contribution is -2.46. The normalized spacial score (nSPS) is 22.8. The van der Waals surface area contributed by atoms with Crippen molar-refractivity contribution in [3.8, 4) is 0 Å². The molecule has 0 aliphatic carbocycles. The second kappa shape index (κ2) is 8.05. The van der Waals surface area contributed by atoms with Crippen LogP contribution in [0.3, 0.4) is 0 Å². The van der Waals surface area contributed by atoms with E-state index in [0.29, 0.717) is 0 Å².